The van der Waals surface area contributed by atoms with Gasteiger partial charge >= 0.3 is 24.2 Å². The maximum atomic E-state index is 13.9. The first-order valence-corrected chi connectivity index (χ1v) is 7.90. The van der Waals surface area contributed by atoms with Crippen molar-refractivity contribution < 1.29 is 48.8 Å². The molecule has 0 aliphatic carbocycles. The number of nitro groups is 1. The lowest BCUT2D eigenvalue weighted by molar-refractivity contribution is -0.385. The van der Waals surface area contributed by atoms with Gasteiger partial charge in [0, 0.05) is 18.1 Å². The van der Waals surface area contributed by atoms with Crippen LogP contribution in [0.4, 0.5) is 49.6 Å². The van der Waals surface area contributed by atoms with Crippen molar-refractivity contribution in [2.75, 3.05) is 0 Å². The molecule has 0 radical (unpaired) electrons. The van der Waals surface area contributed by atoms with E-state index in [4.69, 9.17) is 0 Å². The number of benzene rings is 1. The fourth-order valence-corrected chi connectivity index (χ4v) is 2.44. The van der Waals surface area contributed by atoms with Crippen molar-refractivity contribution in [3.05, 3.63) is 62.7 Å². The van der Waals surface area contributed by atoms with E-state index in [0.717, 1.165) is 18.2 Å². The van der Waals surface area contributed by atoms with Crippen LogP contribution >= 0.6 is 0 Å². The highest BCUT2D eigenvalue weighted by atomic mass is 19.4. The fraction of sp³-hybridized carbons (Fsp3) is 0.375. The summed E-state index contributed by atoms with van der Waals surface area (Å²) < 4.78 is 131. The Labute approximate surface area is 165 Å². The van der Waals surface area contributed by atoms with Gasteiger partial charge in [0.15, 0.2) is 0 Å². The second-order valence-electron chi connectivity index (χ2n) is 6.25. The number of aromatic nitrogens is 2. The van der Waals surface area contributed by atoms with Gasteiger partial charge in [0.05, 0.1) is 4.92 Å². The third-order valence-corrected chi connectivity index (χ3v) is 3.96. The van der Waals surface area contributed by atoms with E-state index in [1.165, 1.54) is 6.92 Å². The topological polar surface area (TPSA) is 68.9 Å². The highest BCUT2D eigenvalue weighted by molar-refractivity contribution is 5.42. The molecule has 1 aromatic heterocycles. The van der Waals surface area contributed by atoms with E-state index in [2.05, 4.69) is 9.97 Å². The molecule has 0 spiro atoms. The van der Waals surface area contributed by atoms with Crippen LogP contribution in [0.15, 0.2) is 24.3 Å². The Balaban J connectivity index is 2.60. The third-order valence-electron chi connectivity index (χ3n) is 3.96. The summed E-state index contributed by atoms with van der Waals surface area (Å²) in [5.41, 5.74) is -5.05. The number of rotatable bonds is 5. The van der Waals surface area contributed by atoms with Gasteiger partial charge in [-0.25, -0.2) is 9.97 Å². The van der Waals surface area contributed by atoms with Crippen LogP contribution in [-0.4, -0.2) is 27.0 Å². The minimum Gasteiger partial charge on any atom is -0.258 e. The van der Waals surface area contributed by atoms with Gasteiger partial charge in [-0.1, -0.05) is 6.07 Å². The molecule has 0 saturated heterocycles. The lowest BCUT2D eigenvalue weighted by Gasteiger charge is -2.28. The Morgan fingerprint density at radius 2 is 1.45 bits per heavy atom. The van der Waals surface area contributed by atoms with Crippen LogP contribution in [0.1, 0.15) is 28.3 Å². The number of alkyl halides is 10. The number of hydrogen-bond acceptors (Lipinski definition) is 4. The van der Waals surface area contributed by atoms with Crippen LogP contribution in [0.3, 0.4) is 0 Å². The third kappa shape index (κ3) is 4.69. The lowest BCUT2D eigenvalue weighted by atomic mass is 10.0. The average Bonchev–Trinajstić information content (AvgIpc) is 2.59. The molecule has 0 fully saturated rings. The molecular weight excluding hydrogens is 456 g/mol. The molecule has 0 aliphatic heterocycles. The number of nitro benzene ring substituents is 1. The zero-order valence-electron chi connectivity index (χ0n) is 15.0. The summed E-state index contributed by atoms with van der Waals surface area (Å²) in [6, 6.07) is 2.33. The molecule has 31 heavy (non-hydrogen) atoms. The molecule has 0 saturated carbocycles. The smallest absolute Gasteiger partial charge is 0.258 e. The van der Waals surface area contributed by atoms with Crippen molar-refractivity contribution in [1.82, 2.24) is 9.97 Å². The Bertz CT molecular complexity index is 1000. The van der Waals surface area contributed by atoms with Gasteiger partial charge in [-0.15, -0.1) is 0 Å². The van der Waals surface area contributed by atoms with Crippen molar-refractivity contribution in [1.29, 1.82) is 0 Å². The zero-order valence-corrected chi connectivity index (χ0v) is 15.0. The van der Waals surface area contributed by atoms with E-state index in [-0.39, 0.29) is 16.8 Å². The predicted octanol–water partition coefficient (Wildman–Crippen LogP) is 5.59. The monoisotopic (exact) mass is 465 g/mol. The van der Waals surface area contributed by atoms with Crippen LogP contribution < -0.4 is 0 Å². The summed E-state index contributed by atoms with van der Waals surface area (Å²) in [5.74, 6) is -14.0. The highest BCUT2D eigenvalue weighted by Gasteiger charge is 2.74. The molecule has 170 valence electrons. The molecular formula is C16H9F10N3O2. The van der Waals surface area contributed by atoms with Crippen LogP contribution in [0.2, 0.25) is 0 Å². The zero-order chi connectivity index (χ0) is 24.0. The fourth-order valence-electron chi connectivity index (χ4n) is 2.44. The van der Waals surface area contributed by atoms with E-state index in [1.54, 1.807) is 0 Å². The first kappa shape index (κ1) is 24.3. The van der Waals surface area contributed by atoms with E-state index in [0.29, 0.717) is 0 Å². The van der Waals surface area contributed by atoms with Crippen LogP contribution in [0.25, 0.3) is 0 Å². The van der Waals surface area contributed by atoms with Gasteiger partial charge in [0.2, 0.25) is 0 Å². The molecule has 0 unspecified atom stereocenters. The van der Waals surface area contributed by atoms with E-state index in [9.17, 15) is 54.0 Å². The Hall–Kier alpha value is -3.00. The molecule has 0 bridgehead atoms. The van der Waals surface area contributed by atoms with Crippen molar-refractivity contribution in [3.63, 3.8) is 0 Å². The molecule has 1 heterocycles. The second-order valence-corrected chi connectivity index (χ2v) is 6.25. The van der Waals surface area contributed by atoms with Crippen molar-refractivity contribution in [2.24, 2.45) is 0 Å². The van der Waals surface area contributed by atoms with Gasteiger partial charge in [-0.05, 0) is 24.6 Å². The minimum absolute atomic E-state index is 0.0173. The Kier molecular flexibility index (Phi) is 5.95. The molecule has 15 heteroatoms. The van der Waals surface area contributed by atoms with Gasteiger partial charge < -0.3 is 0 Å². The van der Waals surface area contributed by atoms with E-state index < -0.39 is 58.8 Å². The summed E-state index contributed by atoms with van der Waals surface area (Å²) in [6.07, 6.45) is -13.1. The van der Waals surface area contributed by atoms with E-state index in [1.807, 2.05) is 0 Å². The number of aryl methyl sites for hydroxylation is 1. The summed E-state index contributed by atoms with van der Waals surface area (Å²) in [4.78, 5) is 15.7. The standard InChI is InChI=1S/C16H9F10N3O2/c1-7-4-8(2-3-9(7)29(30)31)5-12-27-10(6-11(28-12)14(19,20)21)13(17,18)15(22,23)16(24,25)26/h2-4,6H,5H2,1H3. The van der Waals surface area contributed by atoms with Crippen LogP contribution in [0.5, 0.6) is 0 Å². The summed E-state index contributed by atoms with van der Waals surface area (Å²) >= 11 is 0. The normalized spacial score (nSPS) is 13.4. The van der Waals surface area contributed by atoms with Crippen LogP contribution in [0, 0.1) is 17.0 Å². The number of nitrogens with zero attached hydrogens (tertiary/aromatic N) is 3. The molecule has 0 N–H and O–H groups in total. The largest absolute Gasteiger partial charge is 0.460 e. The number of halogens is 10. The van der Waals surface area contributed by atoms with Gasteiger partial charge in [0.1, 0.15) is 17.2 Å². The van der Waals surface area contributed by atoms with Gasteiger partial charge in [-0.3, -0.25) is 10.1 Å². The van der Waals surface area contributed by atoms with E-state index >= 15 is 0 Å². The quantitative estimate of drug-likeness (QED) is 0.328. The maximum Gasteiger partial charge on any atom is 0.460 e. The molecule has 0 amide bonds. The summed E-state index contributed by atoms with van der Waals surface area (Å²) in [7, 11) is 0. The van der Waals surface area contributed by atoms with Crippen molar-refractivity contribution in [3.8, 4) is 0 Å². The van der Waals surface area contributed by atoms with Gasteiger partial charge in [0.25, 0.3) is 5.69 Å². The van der Waals surface area contributed by atoms with Gasteiger partial charge in [-0.2, -0.15) is 43.9 Å². The summed E-state index contributed by atoms with van der Waals surface area (Å²) in [5, 5.41) is 10.8. The summed E-state index contributed by atoms with van der Waals surface area (Å²) in [6.45, 7) is 1.25. The maximum absolute atomic E-state index is 13.9. The molecule has 5 nitrogen and oxygen atoms in total. The molecule has 2 rings (SSSR count). The SMILES string of the molecule is Cc1cc(Cc2nc(C(F)(F)F)cc(C(F)(F)C(F)(F)C(F)(F)F)n2)ccc1[N+](=O)[O-]. The lowest BCUT2D eigenvalue weighted by Crippen LogP contribution is -2.50. The molecule has 0 atom stereocenters. The van der Waals surface area contributed by atoms with Crippen molar-refractivity contribution >= 4 is 5.69 Å². The first-order chi connectivity index (χ1) is 13.9. The molecule has 0 aliphatic rings. The highest BCUT2D eigenvalue weighted by Crippen LogP contribution is 2.51. The molecule has 2 aromatic rings. The second kappa shape index (κ2) is 7.60. The first-order valence-electron chi connectivity index (χ1n) is 7.90. The Morgan fingerprint density at radius 3 is 1.90 bits per heavy atom. The van der Waals surface area contributed by atoms with Crippen LogP contribution in [-0.2, 0) is 18.5 Å². The predicted molar refractivity (Wildman–Crippen MR) is 82.6 cm³/mol. The minimum atomic E-state index is -6.78. The van der Waals surface area contributed by atoms with Crippen molar-refractivity contribution in [2.45, 2.75) is 37.5 Å². The average molecular weight is 465 g/mol. The molecule has 1 aromatic carbocycles. The number of hydrogen-bond donors (Lipinski definition) is 0. The Morgan fingerprint density at radius 1 is 0.903 bits per heavy atom.